The first-order chi connectivity index (χ1) is 10.1. The second kappa shape index (κ2) is 5.45. The number of rotatable bonds is 1. The molecular weight excluding hydrogens is 264 g/mol. The molecule has 0 aliphatic carbocycles. The lowest BCUT2D eigenvalue weighted by Crippen LogP contribution is -2.50. The lowest BCUT2D eigenvalue weighted by Gasteiger charge is -2.37. The second-order valence-corrected chi connectivity index (χ2v) is 5.78. The van der Waals surface area contributed by atoms with E-state index in [0.717, 1.165) is 22.2 Å². The predicted octanol–water partition coefficient (Wildman–Crippen LogP) is 2.79. The van der Waals surface area contributed by atoms with Crippen LogP contribution in [-0.2, 0) is 4.74 Å². The van der Waals surface area contributed by atoms with Crippen molar-refractivity contribution in [3.8, 4) is 0 Å². The van der Waals surface area contributed by atoms with Crippen molar-refractivity contribution in [3.63, 3.8) is 0 Å². The summed E-state index contributed by atoms with van der Waals surface area (Å²) in [7, 11) is 0. The normalized spacial score (nSPS) is 22.5. The van der Waals surface area contributed by atoms with Crippen molar-refractivity contribution in [1.29, 1.82) is 0 Å². The van der Waals surface area contributed by atoms with E-state index in [4.69, 9.17) is 4.74 Å². The van der Waals surface area contributed by atoms with Crippen LogP contribution in [-0.4, -0.2) is 41.1 Å². The predicted molar refractivity (Wildman–Crippen MR) is 82.4 cm³/mol. The van der Waals surface area contributed by atoms with Gasteiger partial charge >= 0.3 is 0 Å². The molecule has 1 amide bonds. The molecule has 4 heteroatoms. The summed E-state index contributed by atoms with van der Waals surface area (Å²) in [4.78, 5) is 19.4. The monoisotopic (exact) mass is 284 g/mol. The summed E-state index contributed by atoms with van der Waals surface area (Å²) in [5.74, 6) is 0.0688. The number of benzene rings is 1. The highest BCUT2D eigenvalue weighted by Gasteiger charge is 2.29. The molecule has 4 nitrogen and oxygen atoms in total. The van der Waals surface area contributed by atoms with Gasteiger partial charge < -0.3 is 9.64 Å². The molecular formula is C17H20N2O2. The number of fused-ring (bicyclic) bond motifs is 1. The van der Waals surface area contributed by atoms with Crippen LogP contribution in [0.3, 0.4) is 0 Å². The number of pyridine rings is 1. The molecule has 110 valence electrons. The first-order valence-electron chi connectivity index (χ1n) is 7.35. The number of nitrogens with zero attached hydrogens (tertiary/aromatic N) is 2. The van der Waals surface area contributed by atoms with E-state index in [-0.39, 0.29) is 18.1 Å². The molecule has 2 heterocycles. The number of carbonyl (C=O) groups excluding carboxylic acids is 1. The van der Waals surface area contributed by atoms with Crippen molar-refractivity contribution in [3.05, 3.63) is 41.6 Å². The fourth-order valence-electron chi connectivity index (χ4n) is 2.83. The Labute approximate surface area is 124 Å². The van der Waals surface area contributed by atoms with Crippen molar-refractivity contribution in [2.24, 2.45) is 0 Å². The van der Waals surface area contributed by atoms with Gasteiger partial charge in [0, 0.05) is 17.6 Å². The minimum Gasteiger partial charge on any atom is -0.375 e. The minimum absolute atomic E-state index is 0.0688. The van der Waals surface area contributed by atoms with Gasteiger partial charge in [0.1, 0.15) is 0 Å². The maximum Gasteiger partial charge on any atom is 0.255 e. The van der Waals surface area contributed by atoms with Gasteiger partial charge in [-0.05, 0) is 32.9 Å². The highest BCUT2D eigenvalue weighted by atomic mass is 16.5. The topological polar surface area (TPSA) is 42.4 Å². The van der Waals surface area contributed by atoms with Crippen LogP contribution in [0.4, 0.5) is 0 Å². The van der Waals surface area contributed by atoms with Crippen molar-refractivity contribution in [2.75, 3.05) is 13.2 Å². The zero-order valence-corrected chi connectivity index (χ0v) is 12.7. The van der Waals surface area contributed by atoms with Crippen molar-refractivity contribution >= 4 is 16.8 Å². The number of ether oxygens (including phenoxy) is 1. The maximum atomic E-state index is 13.0. The number of amides is 1. The third kappa shape index (κ3) is 2.63. The molecule has 0 bridgehead atoms. The number of aryl methyl sites for hydroxylation is 1. The number of aromatic nitrogens is 1. The van der Waals surface area contributed by atoms with Gasteiger partial charge in [-0.15, -0.1) is 0 Å². The fraction of sp³-hybridized carbons (Fsp3) is 0.412. The summed E-state index contributed by atoms with van der Waals surface area (Å²) in [6, 6.07) is 9.79. The Balaban J connectivity index is 2.05. The van der Waals surface area contributed by atoms with Gasteiger partial charge in [0.25, 0.3) is 5.91 Å². The zero-order chi connectivity index (χ0) is 15.0. The van der Waals surface area contributed by atoms with Crippen LogP contribution in [0.5, 0.6) is 0 Å². The summed E-state index contributed by atoms with van der Waals surface area (Å²) in [6.07, 6.45) is 0.0827. The Morgan fingerprint density at radius 2 is 2.10 bits per heavy atom. The maximum absolute atomic E-state index is 13.0. The van der Waals surface area contributed by atoms with Crippen LogP contribution in [0, 0.1) is 6.92 Å². The van der Waals surface area contributed by atoms with Crippen LogP contribution >= 0.6 is 0 Å². The molecule has 0 saturated carbocycles. The molecule has 0 radical (unpaired) electrons. The van der Waals surface area contributed by atoms with Gasteiger partial charge in [-0.1, -0.05) is 18.2 Å². The van der Waals surface area contributed by atoms with E-state index in [1.807, 2.05) is 56.0 Å². The van der Waals surface area contributed by atoms with E-state index in [1.165, 1.54) is 0 Å². The summed E-state index contributed by atoms with van der Waals surface area (Å²) in [6.45, 7) is 7.18. The third-order valence-electron chi connectivity index (χ3n) is 3.94. The highest BCUT2D eigenvalue weighted by molar-refractivity contribution is 6.06. The molecule has 0 spiro atoms. The van der Waals surface area contributed by atoms with Crippen LogP contribution in [0.25, 0.3) is 10.9 Å². The Hall–Kier alpha value is -1.94. The second-order valence-electron chi connectivity index (χ2n) is 5.78. The van der Waals surface area contributed by atoms with Gasteiger partial charge in [-0.3, -0.25) is 9.78 Å². The van der Waals surface area contributed by atoms with Crippen molar-refractivity contribution in [2.45, 2.75) is 32.9 Å². The Morgan fingerprint density at radius 1 is 1.33 bits per heavy atom. The lowest BCUT2D eigenvalue weighted by atomic mass is 10.0. The zero-order valence-electron chi connectivity index (χ0n) is 12.7. The van der Waals surface area contributed by atoms with Crippen LogP contribution in [0.15, 0.2) is 30.3 Å². The average Bonchev–Trinajstić information content (AvgIpc) is 2.48. The van der Waals surface area contributed by atoms with Gasteiger partial charge in [0.15, 0.2) is 0 Å². The lowest BCUT2D eigenvalue weighted by molar-refractivity contribution is -0.0386. The van der Waals surface area contributed by atoms with Gasteiger partial charge in [0.2, 0.25) is 0 Å². The number of hydrogen-bond donors (Lipinski definition) is 0. The van der Waals surface area contributed by atoms with E-state index in [0.29, 0.717) is 13.2 Å². The molecule has 21 heavy (non-hydrogen) atoms. The summed E-state index contributed by atoms with van der Waals surface area (Å²) >= 11 is 0. The molecule has 0 N–H and O–H groups in total. The largest absolute Gasteiger partial charge is 0.375 e. The SMILES string of the molecule is Cc1cc(C(=O)N2CC(C)OCC2C)c2ccccc2n1. The molecule has 2 unspecified atom stereocenters. The fourth-order valence-corrected chi connectivity index (χ4v) is 2.83. The Kier molecular flexibility index (Phi) is 3.64. The van der Waals surface area contributed by atoms with E-state index in [2.05, 4.69) is 4.98 Å². The smallest absolute Gasteiger partial charge is 0.255 e. The number of carbonyl (C=O) groups is 1. The van der Waals surface area contributed by atoms with Crippen molar-refractivity contribution < 1.29 is 9.53 Å². The first kappa shape index (κ1) is 14.0. The van der Waals surface area contributed by atoms with E-state index in [9.17, 15) is 4.79 Å². The van der Waals surface area contributed by atoms with E-state index in [1.54, 1.807) is 0 Å². The van der Waals surface area contributed by atoms with Gasteiger partial charge in [-0.2, -0.15) is 0 Å². The number of hydrogen-bond acceptors (Lipinski definition) is 3. The quantitative estimate of drug-likeness (QED) is 0.808. The molecule has 1 aliphatic heterocycles. The van der Waals surface area contributed by atoms with Gasteiger partial charge in [0.05, 0.1) is 29.8 Å². The molecule has 1 aliphatic rings. The molecule has 1 aromatic carbocycles. The van der Waals surface area contributed by atoms with Crippen molar-refractivity contribution in [1.82, 2.24) is 9.88 Å². The Bertz CT molecular complexity index is 684. The molecule has 2 aromatic rings. The first-order valence-corrected chi connectivity index (χ1v) is 7.35. The van der Waals surface area contributed by atoms with E-state index >= 15 is 0 Å². The summed E-state index contributed by atoms with van der Waals surface area (Å²) < 4.78 is 5.61. The number of para-hydroxylation sites is 1. The minimum atomic E-state index is 0.0688. The summed E-state index contributed by atoms with van der Waals surface area (Å²) in [5.41, 5.74) is 2.47. The average molecular weight is 284 g/mol. The highest BCUT2D eigenvalue weighted by Crippen LogP contribution is 2.22. The van der Waals surface area contributed by atoms with E-state index < -0.39 is 0 Å². The summed E-state index contributed by atoms with van der Waals surface area (Å²) in [5, 5.41) is 0.916. The molecule has 2 atom stereocenters. The molecule has 3 rings (SSSR count). The molecule has 1 fully saturated rings. The van der Waals surface area contributed by atoms with Crippen LogP contribution in [0.2, 0.25) is 0 Å². The number of morpholine rings is 1. The molecule has 1 aromatic heterocycles. The van der Waals surface area contributed by atoms with Crippen LogP contribution in [0.1, 0.15) is 29.9 Å². The third-order valence-corrected chi connectivity index (χ3v) is 3.94. The van der Waals surface area contributed by atoms with Gasteiger partial charge in [-0.25, -0.2) is 0 Å². The molecule has 1 saturated heterocycles. The Morgan fingerprint density at radius 3 is 2.90 bits per heavy atom. The standard InChI is InChI=1S/C17H20N2O2/c1-11-8-15(14-6-4-5-7-16(14)18-11)17(20)19-9-13(3)21-10-12(19)2/h4-8,12-13H,9-10H2,1-3H3. The van der Waals surface area contributed by atoms with Crippen LogP contribution < -0.4 is 0 Å².